The number of carbonyl (C=O) groups is 4. The van der Waals surface area contributed by atoms with Crippen LogP contribution in [0.2, 0.25) is 0 Å². The minimum Gasteiger partial charge on any atom is -0.462 e. The summed E-state index contributed by atoms with van der Waals surface area (Å²) in [6, 6.07) is 0. The second kappa shape index (κ2) is 63.1. The van der Waals surface area contributed by atoms with Gasteiger partial charge in [-0.05, 0) is 37.5 Å². The lowest BCUT2D eigenvalue weighted by atomic mass is 10.0. The van der Waals surface area contributed by atoms with Crippen molar-refractivity contribution in [1.82, 2.24) is 0 Å². The Morgan fingerprint density at radius 2 is 0.511 bits per heavy atom. The Morgan fingerprint density at radius 1 is 0.300 bits per heavy atom. The van der Waals surface area contributed by atoms with Crippen molar-refractivity contribution in [2.24, 2.45) is 11.8 Å². The molecule has 0 aromatic carbocycles. The number of ether oxygens (including phenoxy) is 4. The van der Waals surface area contributed by atoms with E-state index in [4.69, 9.17) is 37.0 Å². The van der Waals surface area contributed by atoms with Gasteiger partial charge in [0, 0.05) is 25.7 Å². The Kier molecular flexibility index (Phi) is 61.8. The van der Waals surface area contributed by atoms with Gasteiger partial charge in [-0.2, -0.15) is 0 Å². The summed E-state index contributed by atoms with van der Waals surface area (Å²) in [5.74, 6) is -0.688. The van der Waals surface area contributed by atoms with Crippen LogP contribution in [0, 0.1) is 11.8 Å². The molecule has 19 heteroatoms. The topological polar surface area (TPSA) is 237 Å². The highest BCUT2D eigenvalue weighted by Crippen LogP contribution is 2.45. The van der Waals surface area contributed by atoms with Crippen molar-refractivity contribution in [3.8, 4) is 0 Å². The van der Waals surface area contributed by atoms with E-state index in [-0.39, 0.29) is 25.7 Å². The smallest absolute Gasteiger partial charge is 0.462 e. The predicted molar refractivity (Wildman–Crippen MR) is 363 cm³/mol. The maximum Gasteiger partial charge on any atom is 0.472 e. The summed E-state index contributed by atoms with van der Waals surface area (Å²) in [6.07, 6.45) is 49.4. The largest absolute Gasteiger partial charge is 0.472 e. The van der Waals surface area contributed by atoms with E-state index in [0.29, 0.717) is 31.6 Å². The molecule has 17 nitrogen and oxygen atoms in total. The van der Waals surface area contributed by atoms with Crippen LogP contribution >= 0.6 is 15.6 Å². The molecule has 0 aromatic heterocycles. The molecule has 0 fully saturated rings. The van der Waals surface area contributed by atoms with Gasteiger partial charge in [-0.15, -0.1) is 0 Å². The maximum absolute atomic E-state index is 13.0. The predicted octanol–water partition coefficient (Wildman–Crippen LogP) is 20.4. The highest BCUT2D eigenvalue weighted by Gasteiger charge is 2.30. The van der Waals surface area contributed by atoms with Crippen molar-refractivity contribution >= 4 is 39.5 Å². The average Bonchev–Trinajstić information content (AvgIpc) is 2.57. The summed E-state index contributed by atoms with van der Waals surface area (Å²) in [7, 11) is -9.89. The van der Waals surface area contributed by atoms with E-state index in [1.165, 1.54) is 173 Å². The van der Waals surface area contributed by atoms with E-state index in [9.17, 15) is 43.2 Å². The van der Waals surface area contributed by atoms with Crippen molar-refractivity contribution in [3.05, 3.63) is 0 Å². The molecule has 0 spiro atoms. The lowest BCUT2D eigenvalue weighted by Crippen LogP contribution is -2.30. The summed E-state index contributed by atoms with van der Waals surface area (Å²) in [5, 5.41) is 10.5. The number of hydrogen-bond donors (Lipinski definition) is 3. The maximum atomic E-state index is 13.0. The Bertz CT molecular complexity index is 1750. The lowest BCUT2D eigenvalue weighted by Gasteiger charge is -2.21. The quantitative estimate of drug-likeness (QED) is 0.0222. The lowest BCUT2D eigenvalue weighted by molar-refractivity contribution is -0.161. The summed E-state index contributed by atoms with van der Waals surface area (Å²) < 4.78 is 68.0. The van der Waals surface area contributed by atoms with Gasteiger partial charge in [0.1, 0.15) is 19.3 Å². The van der Waals surface area contributed by atoms with E-state index in [1.54, 1.807) is 0 Å². The normalized spacial score (nSPS) is 14.1. The number of esters is 4. The second-order valence-electron chi connectivity index (χ2n) is 26.6. The molecule has 2 unspecified atom stereocenters. The highest BCUT2D eigenvalue weighted by atomic mass is 31.2. The van der Waals surface area contributed by atoms with E-state index in [2.05, 4.69) is 41.5 Å². The van der Waals surface area contributed by atoms with Gasteiger partial charge in [0.2, 0.25) is 0 Å². The minimum absolute atomic E-state index is 0.101. The standard InChI is InChI=1S/C71H138O17P2/c1-7-9-11-13-14-15-16-17-18-19-20-21-22-23-24-25-30-33-36-43-49-55-70(75)87-67(60-82-69(74)54-48-42-35-32-29-27-26-28-31-34-40-45-51-63(3)4)62-86-90(79,80)84-58-65(72)57-83-89(77,78)85-61-66(59-81-68(73)53-47-39-12-10-8-2)88-71(76)56-50-44-38-37-41-46-52-64(5)6/h63-67,72H,7-62H2,1-6H3,(H,77,78)(H,79,80)/t65-,66+,67+/m0/s1. The molecule has 0 bridgehead atoms. The van der Waals surface area contributed by atoms with Crippen LogP contribution < -0.4 is 0 Å². The van der Waals surface area contributed by atoms with Crippen LogP contribution in [0.15, 0.2) is 0 Å². The van der Waals surface area contributed by atoms with Gasteiger partial charge in [0.15, 0.2) is 12.2 Å². The fraction of sp³-hybridized carbons (Fsp3) is 0.944. The Labute approximate surface area is 549 Å². The van der Waals surface area contributed by atoms with Crippen molar-refractivity contribution in [2.75, 3.05) is 39.6 Å². The van der Waals surface area contributed by atoms with Gasteiger partial charge in [0.05, 0.1) is 26.4 Å². The molecule has 5 atom stereocenters. The molecule has 0 aliphatic rings. The molecule has 0 aliphatic carbocycles. The number of hydrogen-bond acceptors (Lipinski definition) is 15. The van der Waals surface area contributed by atoms with Crippen LogP contribution in [0.3, 0.4) is 0 Å². The third-order valence-corrected chi connectivity index (χ3v) is 18.4. The molecule has 0 saturated carbocycles. The highest BCUT2D eigenvalue weighted by molar-refractivity contribution is 7.47. The number of aliphatic hydroxyl groups is 1. The molecular formula is C71H138O17P2. The molecule has 0 rings (SSSR count). The van der Waals surface area contributed by atoms with Crippen LogP contribution in [0.4, 0.5) is 0 Å². The van der Waals surface area contributed by atoms with Gasteiger partial charge in [-0.3, -0.25) is 37.3 Å². The molecule has 90 heavy (non-hydrogen) atoms. The van der Waals surface area contributed by atoms with E-state index in [0.717, 1.165) is 102 Å². The van der Waals surface area contributed by atoms with Crippen LogP contribution in [0.1, 0.15) is 363 Å². The molecule has 0 aliphatic heterocycles. The van der Waals surface area contributed by atoms with Gasteiger partial charge in [0.25, 0.3) is 0 Å². The number of phosphoric ester groups is 2. The third kappa shape index (κ3) is 64.8. The summed E-state index contributed by atoms with van der Waals surface area (Å²) in [4.78, 5) is 72.2. The first kappa shape index (κ1) is 88.1. The fourth-order valence-electron chi connectivity index (χ4n) is 10.8. The number of rotatable bonds is 70. The zero-order valence-electron chi connectivity index (χ0n) is 58.4. The summed E-state index contributed by atoms with van der Waals surface area (Å²) in [5.41, 5.74) is 0. The van der Waals surface area contributed by atoms with E-state index in [1.807, 2.05) is 0 Å². The molecular weight excluding hydrogens is 1190 g/mol. The van der Waals surface area contributed by atoms with Crippen LogP contribution in [-0.2, 0) is 65.4 Å². The van der Waals surface area contributed by atoms with Crippen LogP contribution in [-0.4, -0.2) is 96.7 Å². The van der Waals surface area contributed by atoms with Crippen LogP contribution in [0.5, 0.6) is 0 Å². The van der Waals surface area contributed by atoms with Crippen molar-refractivity contribution in [3.63, 3.8) is 0 Å². The molecule has 0 amide bonds. The minimum atomic E-state index is -4.95. The third-order valence-electron chi connectivity index (χ3n) is 16.5. The molecule has 0 saturated heterocycles. The number of phosphoric acid groups is 2. The Morgan fingerprint density at radius 3 is 0.756 bits per heavy atom. The summed E-state index contributed by atoms with van der Waals surface area (Å²) in [6.45, 7) is 9.38. The van der Waals surface area contributed by atoms with E-state index >= 15 is 0 Å². The monoisotopic (exact) mass is 1320 g/mol. The van der Waals surface area contributed by atoms with Gasteiger partial charge in [-0.25, -0.2) is 9.13 Å². The number of aliphatic hydroxyl groups excluding tert-OH is 1. The van der Waals surface area contributed by atoms with Gasteiger partial charge in [-0.1, -0.05) is 311 Å². The van der Waals surface area contributed by atoms with Crippen molar-refractivity contribution in [1.29, 1.82) is 0 Å². The van der Waals surface area contributed by atoms with E-state index < -0.39 is 97.5 Å². The first-order valence-corrected chi connectivity index (χ1v) is 40.0. The van der Waals surface area contributed by atoms with Crippen molar-refractivity contribution in [2.45, 2.75) is 381 Å². The zero-order valence-corrected chi connectivity index (χ0v) is 60.2. The Hall–Kier alpha value is -1.94. The van der Waals surface area contributed by atoms with Crippen molar-refractivity contribution < 1.29 is 80.2 Å². The average molecular weight is 1330 g/mol. The van der Waals surface area contributed by atoms with Crippen LogP contribution in [0.25, 0.3) is 0 Å². The summed E-state index contributed by atoms with van der Waals surface area (Å²) >= 11 is 0. The number of unbranched alkanes of at least 4 members (excludes halogenated alkanes) is 40. The van der Waals surface area contributed by atoms with Gasteiger partial charge < -0.3 is 33.8 Å². The SMILES string of the molecule is CCCCCCCCCCCCCCCCCCCCCCCC(=O)O[C@H](COC(=O)CCCCCCCCCCCCCCC(C)C)COP(=O)(O)OC[C@@H](O)COP(=O)(O)OC[C@@H](COC(=O)CCCCCCC)OC(=O)CCCCCCCCC(C)C. The first-order chi connectivity index (χ1) is 43.4. The molecule has 0 aromatic rings. The second-order valence-corrected chi connectivity index (χ2v) is 29.5. The molecule has 0 radical (unpaired) electrons. The molecule has 0 heterocycles. The number of carbonyl (C=O) groups excluding carboxylic acids is 4. The van der Waals surface area contributed by atoms with Gasteiger partial charge >= 0.3 is 39.5 Å². The fourth-order valence-corrected chi connectivity index (χ4v) is 12.3. The zero-order chi connectivity index (χ0) is 66.5. The molecule has 3 N–H and O–H groups in total. The molecule has 534 valence electrons. The first-order valence-electron chi connectivity index (χ1n) is 37.0. The Balaban J connectivity index is 5.11.